The molecule has 0 radical (unpaired) electrons. The van der Waals surface area contributed by atoms with Crippen LogP contribution in [0.1, 0.15) is 5.56 Å². The smallest absolute Gasteiger partial charge is 0.150 e. The normalized spacial score (nSPS) is 10.1. The third-order valence-electron chi connectivity index (χ3n) is 1.87. The van der Waals surface area contributed by atoms with E-state index < -0.39 is 0 Å². The maximum absolute atomic E-state index is 5.70. The summed E-state index contributed by atoms with van der Waals surface area (Å²) in [5.41, 5.74) is 8.36. The van der Waals surface area contributed by atoms with E-state index in [1.54, 1.807) is 24.8 Å². The number of aryl methyl sites for hydroxylation is 1. The zero-order valence-electron chi connectivity index (χ0n) is 7.81. The molecular formula is C10H10N4. The van der Waals surface area contributed by atoms with Crippen molar-refractivity contribution in [1.29, 1.82) is 0 Å². The van der Waals surface area contributed by atoms with Gasteiger partial charge in [-0.25, -0.2) is 4.98 Å². The molecule has 2 aromatic rings. The van der Waals surface area contributed by atoms with Gasteiger partial charge in [0.15, 0.2) is 0 Å². The summed E-state index contributed by atoms with van der Waals surface area (Å²) in [5.74, 6) is 0.430. The summed E-state index contributed by atoms with van der Waals surface area (Å²) >= 11 is 0. The molecule has 2 aromatic heterocycles. The third kappa shape index (κ3) is 1.54. The monoisotopic (exact) mass is 186 g/mol. The van der Waals surface area contributed by atoms with Gasteiger partial charge in [-0.3, -0.25) is 9.97 Å². The van der Waals surface area contributed by atoms with Crippen molar-refractivity contribution in [1.82, 2.24) is 15.0 Å². The molecular weight excluding hydrogens is 176 g/mol. The van der Waals surface area contributed by atoms with Gasteiger partial charge in [0, 0.05) is 30.4 Å². The first-order chi connectivity index (χ1) is 6.77. The first-order valence-electron chi connectivity index (χ1n) is 4.26. The van der Waals surface area contributed by atoms with Crippen LogP contribution in [0.15, 0.2) is 30.9 Å². The highest BCUT2D eigenvalue weighted by Crippen LogP contribution is 2.20. The fourth-order valence-corrected chi connectivity index (χ4v) is 1.26. The van der Waals surface area contributed by atoms with E-state index in [1.807, 2.05) is 13.0 Å². The number of pyridine rings is 1. The summed E-state index contributed by atoms with van der Waals surface area (Å²) in [6.45, 7) is 1.98. The molecule has 0 aliphatic carbocycles. The van der Waals surface area contributed by atoms with Crippen LogP contribution in [-0.4, -0.2) is 15.0 Å². The lowest BCUT2D eigenvalue weighted by atomic mass is 10.1. The summed E-state index contributed by atoms with van der Waals surface area (Å²) in [6, 6.07) is 1.98. The molecule has 0 aliphatic heterocycles. The molecule has 0 fully saturated rings. The molecule has 0 saturated heterocycles. The van der Waals surface area contributed by atoms with E-state index in [2.05, 4.69) is 15.0 Å². The maximum atomic E-state index is 5.70. The second-order valence-corrected chi connectivity index (χ2v) is 3.04. The molecule has 0 spiro atoms. The molecule has 0 saturated carbocycles. The van der Waals surface area contributed by atoms with Crippen LogP contribution in [0, 0.1) is 6.92 Å². The minimum atomic E-state index is 0.430. The van der Waals surface area contributed by atoms with Crippen LogP contribution in [0.4, 0.5) is 5.82 Å². The third-order valence-corrected chi connectivity index (χ3v) is 1.87. The number of rotatable bonds is 1. The molecule has 4 heteroatoms. The van der Waals surface area contributed by atoms with Crippen molar-refractivity contribution in [3.05, 3.63) is 36.4 Å². The molecule has 0 aliphatic rings. The van der Waals surface area contributed by atoms with Crippen LogP contribution in [0.2, 0.25) is 0 Å². The highest BCUT2D eigenvalue weighted by atomic mass is 14.9. The maximum Gasteiger partial charge on any atom is 0.150 e. The predicted octanol–water partition coefficient (Wildman–Crippen LogP) is 1.43. The minimum absolute atomic E-state index is 0.430. The average Bonchev–Trinajstić information content (AvgIpc) is 2.18. The highest BCUT2D eigenvalue weighted by molar-refractivity contribution is 5.68. The van der Waals surface area contributed by atoms with Gasteiger partial charge in [-0.1, -0.05) is 0 Å². The molecule has 4 nitrogen and oxygen atoms in total. The zero-order chi connectivity index (χ0) is 9.97. The van der Waals surface area contributed by atoms with E-state index in [0.29, 0.717) is 11.5 Å². The topological polar surface area (TPSA) is 64.7 Å². The van der Waals surface area contributed by atoms with Gasteiger partial charge in [-0.05, 0) is 18.6 Å². The Bertz CT molecular complexity index is 453. The lowest BCUT2D eigenvalue weighted by Crippen LogP contribution is -1.96. The van der Waals surface area contributed by atoms with Crippen LogP contribution in [-0.2, 0) is 0 Å². The summed E-state index contributed by atoms with van der Waals surface area (Å²) in [5, 5.41) is 0. The Labute approximate surface area is 81.9 Å². The molecule has 2 heterocycles. The number of hydrogen-bond acceptors (Lipinski definition) is 4. The van der Waals surface area contributed by atoms with Gasteiger partial charge in [0.1, 0.15) is 11.5 Å². The predicted molar refractivity (Wildman–Crippen MR) is 54.4 cm³/mol. The van der Waals surface area contributed by atoms with E-state index in [4.69, 9.17) is 5.73 Å². The highest BCUT2D eigenvalue weighted by Gasteiger charge is 2.04. The van der Waals surface area contributed by atoms with Crippen molar-refractivity contribution in [2.45, 2.75) is 6.92 Å². The quantitative estimate of drug-likeness (QED) is 0.731. The summed E-state index contributed by atoms with van der Waals surface area (Å²) in [6.07, 6.45) is 6.71. The number of nitrogen functional groups attached to an aromatic ring is 1. The molecule has 0 unspecified atom stereocenters. The fourth-order valence-electron chi connectivity index (χ4n) is 1.26. The van der Waals surface area contributed by atoms with Crippen molar-refractivity contribution < 1.29 is 0 Å². The number of nitrogens with zero attached hydrogens (tertiary/aromatic N) is 3. The van der Waals surface area contributed by atoms with Gasteiger partial charge in [0.2, 0.25) is 0 Å². The Morgan fingerprint density at radius 2 is 1.93 bits per heavy atom. The van der Waals surface area contributed by atoms with Gasteiger partial charge < -0.3 is 5.73 Å². The Kier molecular flexibility index (Phi) is 2.10. The largest absolute Gasteiger partial charge is 0.382 e. The Hall–Kier alpha value is -1.97. The van der Waals surface area contributed by atoms with Gasteiger partial charge >= 0.3 is 0 Å². The molecule has 14 heavy (non-hydrogen) atoms. The second-order valence-electron chi connectivity index (χ2n) is 3.04. The van der Waals surface area contributed by atoms with Crippen molar-refractivity contribution in [3.8, 4) is 11.3 Å². The van der Waals surface area contributed by atoms with Crippen molar-refractivity contribution in [2.75, 3.05) is 5.73 Å². The Morgan fingerprint density at radius 1 is 1.14 bits per heavy atom. The van der Waals surface area contributed by atoms with Crippen LogP contribution in [0.25, 0.3) is 11.3 Å². The van der Waals surface area contributed by atoms with Crippen molar-refractivity contribution >= 4 is 5.82 Å². The van der Waals surface area contributed by atoms with E-state index in [9.17, 15) is 0 Å². The van der Waals surface area contributed by atoms with Gasteiger partial charge in [-0.2, -0.15) is 0 Å². The molecule has 0 bridgehead atoms. The van der Waals surface area contributed by atoms with Crippen LogP contribution in [0.5, 0.6) is 0 Å². The fraction of sp³-hybridized carbons (Fsp3) is 0.100. The number of hydrogen-bond donors (Lipinski definition) is 1. The second kappa shape index (κ2) is 3.41. The van der Waals surface area contributed by atoms with E-state index in [0.717, 1.165) is 11.1 Å². The van der Waals surface area contributed by atoms with E-state index in [1.165, 1.54) is 0 Å². The average molecular weight is 186 g/mol. The van der Waals surface area contributed by atoms with Crippen LogP contribution >= 0.6 is 0 Å². The summed E-state index contributed by atoms with van der Waals surface area (Å²) in [4.78, 5) is 12.2. The zero-order valence-corrected chi connectivity index (χ0v) is 7.81. The van der Waals surface area contributed by atoms with Crippen molar-refractivity contribution in [3.63, 3.8) is 0 Å². The number of anilines is 1. The first-order valence-corrected chi connectivity index (χ1v) is 4.26. The summed E-state index contributed by atoms with van der Waals surface area (Å²) in [7, 11) is 0. The van der Waals surface area contributed by atoms with Gasteiger partial charge in [0.25, 0.3) is 0 Å². The Balaban J connectivity index is 2.55. The van der Waals surface area contributed by atoms with E-state index in [-0.39, 0.29) is 0 Å². The molecule has 2 rings (SSSR count). The van der Waals surface area contributed by atoms with Crippen molar-refractivity contribution in [2.24, 2.45) is 0 Å². The first kappa shape index (κ1) is 8.62. The van der Waals surface area contributed by atoms with Gasteiger partial charge in [-0.15, -0.1) is 0 Å². The molecule has 0 amide bonds. The molecule has 2 N–H and O–H groups in total. The lowest BCUT2D eigenvalue weighted by molar-refractivity contribution is 1.19. The molecule has 70 valence electrons. The minimum Gasteiger partial charge on any atom is -0.382 e. The standard InChI is InChI=1S/C10H10N4/c1-7-4-8(6-12-5-7)9-10(11)14-3-2-13-9/h2-6H,1H3,(H2,11,14). The lowest BCUT2D eigenvalue weighted by Gasteiger charge is -2.02. The summed E-state index contributed by atoms with van der Waals surface area (Å²) < 4.78 is 0. The van der Waals surface area contributed by atoms with Crippen LogP contribution < -0.4 is 5.73 Å². The molecule has 0 aromatic carbocycles. The van der Waals surface area contributed by atoms with E-state index >= 15 is 0 Å². The number of nitrogens with two attached hydrogens (primary N) is 1. The molecule has 0 atom stereocenters. The SMILES string of the molecule is Cc1cncc(-c2nccnc2N)c1. The Morgan fingerprint density at radius 3 is 2.64 bits per heavy atom. The van der Waals surface area contributed by atoms with Crippen LogP contribution in [0.3, 0.4) is 0 Å². The number of aromatic nitrogens is 3. The van der Waals surface area contributed by atoms with Gasteiger partial charge in [0.05, 0.1) is 0 Å².